The van der Waals surface area contributed by atoms with Crippen molar-refractivity contribution in [3.05, 3.63) is 42.2 Å². The van der Waals surface area contributed by atoms with E-state index in [0.29, 0.717) is 6.04 Å². The van der Waals surface area contributed by atoms with Crippen LogP contribution in [0.15, 0.2) is 31.0 Å². The minimum absolute atomic E-state index is 0.185. The second-order valence-electron chi connectivity index (χ2n) is 6.93. The first-order valence-electron chi connectivity index (χ1n) is 9.33. The van der Waals surface area contributed by atoms with Crippen LogP contribution in [0.1, 0.15) is 36.6 Å². The van der Waals surface area contributed by atoms with Gasteiger partial charge in [-0.25, -0.2) is 19.3 Å². The molecule has 0 amide bonds. The van der Waals surface area contributed by atoms with Crippen LogP contribution in [0.4, 0.5) is 5.82 Å². The van der Waals surface area contributed by atoms with Gasteiger partial charge in [0.15, 0.2) is 5.82 Å². The lowest BCUT2D eigenvalue weighted by Crippen LogP contribution is -2.35. The van der Waals surface area contributed by atoms with Crippen molar-refractivity contribution >= 4 is 5.82 Å². The maximum absolute atomic E-state index is 8.94. The zero-order valence-electron chi connectivity index (χ0n) is 15.4. The number of aryl methyl sites for hydroxylation is 2. The smallest absolute Gasteiger partial charge is 0.158 e. The first-order valence-corrected chi connectivity index (χ1v) is 9.33. The number of rotatable bonds is 6. The van der Waals surface area contributed by atoms with E-state index < -0.39 is 0 Å². The van der Waals surface area contributed by atoms with Crippen molar-refractivity contribution in [3.63, 3.8) is 0 Å². The number of aromatic nitrogens is 7. The Morgan fingerprint density at radius 1 is 1.15 bits per heavy atom. The van der Waals surface area contributed by atoms with Gasteiger partial charge >= 0.3 is 0 Å². The van der Waals surface area contributed by atoms with Gasteiger partial charge in [0.05, 0.1) is 17.9 Å². The highest BCUT2D eigenvalue weighted by atomic mass is 16.2. The lowest BCUT2D eigenvalue weighted by atomic mass is 10.1. The summed E-state index contributed by atoms with van der Waals surface area (Å²) in [4.78, 5) is 11.1. The largest absolute Gasteiger partial charge is 0.396 e. The number of hydrogen-bond donors (Lipinski definition) is 1. The Morgan fingerprint density at radius 3 is 2.70 bits per heavy atom. The molecule has 3 aromatic heterocycles. The summed E-state index contributed by atoms with van der Waals surface area (Å²) in [6, 6.07) is 2.33. The zero-order chi connectivity index (χ0) is 18.6. The van der Waals surface area contributed by atoms with E-state index in [0.717, 1.165) is 61.7 Å². The van der Waals surface area contributed by atoms with Crippen LogP contribution in [0, 0.1) is 6.92 Å². The summed E-state index contributed by atoms with van der Waals surface area (Å²) in [5, 5.41) is 21.7. The zero-order valence-corrected chi connectivity index (χ0v) is 15.4. The van der Waals surface area contributed by atoms with Crippen molar-refractivity contribution in [3.8, 4) is 5.82 Å². The second kappa shape index (κ2) is 7.83. The maximum Gasteiger partial charge on any atom is 0.158 e. The summed E-state index contributed by atoms with van der Waals surface area (Å²) in [5.74, 6) is 1.70. The summed E-state index contributed by atoms with van der Waals surface area (Å²) < 4.78 is 3.75. The normalized spacial score (nSPS) is 15.4. The summed E-state index contributed by atoms with van der Waals surface area (Å²) in [7, 11) is 0. The van der Waals surface area contributed by atoms with Crippen LogP contribution in [0.2, 0.25) is 0 Å². The molecule has 9 heteroatoms. The maximum atomic E-state index is 8.94. The highest BCUT2D eigenvalue weighted by Gasteiger charge is 2.23. The quantitative estimate of drug-likeness (QED) is 0.701. The van der Waals surface area contributed by atoms with E-state index in [9.17, 15) is 0 Å². The summed E-state index contributed by atoms with van der Waals surface area (Å²) >= 11 is 0. The van der Waals surface area contributed by atoms with E-state index in [4.69, 9.17) is 5.11 Å². The monoisotopic (exact) mass is 368 g/mol. The molecule has 9 nitrogen and oxygen atoms in total. The third kappa shape index (κ3) is 3.97. The van der Waals surface area contributed by atoms with Gasteiger partial charge in [-0.3, -0.25) is 0 Å². The molecule has 4 heterocycles. The molecule has 0 aliphatic carbocycles. The van der Waals surface area contributed by atoms with Gasteiger partial charge in [0.2, 0.25) is 0 Å². The van der Waals surface area contributed by atoms with Crippen molar-refractivity contribution < 1.29 is 5.11 Å². The molecule has 1 fully saturated rings. The van der Waals surface area contributed by atoms with Gasteiger partial charge in [-0.1, -0.05) is 5.21 Å². The number of hydrogen-bond acceptors (Lipinski definition) is 7. The van der Waals surface area contributed by atoms with Gasteiger partial charge in [0.1, 0.15) is 12.1 Å². The molecular formula is C18H24N8O. The number of nitrogens with zero attached hydrogens (tertiary/aromatic N) is 8. The lowest BCUT2D eigenvalue weighted by molar-refractivity contribution is 0.288. The van der Waals surface area contributed by atoms with Gasteiger partial charge in [-0.05, 0) is 38.2 Å². The van der Waals surface area contributed by atoms with Crippen LogP contribution < -0.4 is 4.90 Å². The van der Waals surface area contributed by atoms with Gasteiger partial charge in [-0.15, -0.1) is 5.10 Å². The molecular weight excluding hydrogens is 344 g/mol. The molecule has 3 aromatic rings. The first-order chi connectivity index (χ1) is 13.2. The molecule has 1 aliphatic rings. The molecule has 1 aliphatic heterocycles. The van der Waals surface area contributed by atoms with E-state index in [1.54, 1.807) is 11.0 Å². The van der Waals surface area contributed by atoms with E-state index >= 15 is 0 Å². The fourth-order valence-corrected chi connectivity index (χ4v) is 3.40. The fourth-order valence-electron chi connectivity index (χ4n) is 3.40. The van der Waals surface area contributed by atoms with Crippen LogP contribution >= 0.6 is 0 Å². The van der Waals surface area contributed by atoms with Crippen LogP contribution in [0.5, 0.6) is 0 Å². The predicted molar refractivity (Wildman–Crippen MR) is 99.8 cm³/mol. The first kappa shape index (κ1) is 17.6. The standard InChI is InChI=1S/C18H24N8O/c1-14-10-21-26(11-14)18-9-17(19-13-20-18)24-6-4-16(5-7-24)25-12-15(22-23-25)3-2-8-27/h9-13,16,27H,2-8H2,1H3. The Hall–Kier alpha value is -2.81. The average molecular weight is 368 g/mol. The highest BCUT2D eigenvalue weighted by Crippen LogP contribution is 2.25. The number of aliphatic hydroxyl groups excluding tert-OH is 1. The molecule has 0 bridgehead atoms. The van der Waals surface area contributed by atoms with Crippen molar-refractivity contribution in [2.45, 2.75) is 38.6 Å². The van der Waals surface area contributed by atoms with E-state index in [1.807, 2.05) is 36.3 Å². The molecule has 0 aromatic carbocycles. The Kier molecular flexibility index (Phi) is 5.10. The van der Waals surface area contributed by atoms with Crippen LogP contribution in [0.3, 0.4) is 0 Å². The van der Waals surface area contributed by atoms with Crippen molar-refractivity contribution in [2.24, 2.45) is 0 Å². The lowest BCUT2D eigenvalue weighted by Gasteiger charge is -2.32. The van der Waals surface area contributed by atoms with Gasteiger partial charge in [-0.2, -0.15) is 5.10 Å². The number of anilines is 1. The van der Waals surface area contributed by atoms with Gasteiger partial charge in [0.25, 0.3) is 0 Å². The molecule has 0 radical (unpaired) electrons. The second-order valence-corrected chi connectivity index (χ2v) is 6.93. The third-order valence-corrected chi connectivity index (χ3v) is 4.90. The summed E-state index contributed by atoms with van der Waals surface area (Å²) in [5.41, 5.74) is 2.05. The SMILES string of the molecule is Cc1cnn(-c2cc(N3CCC(n4cc(CCCO)nn4)CC3)ncn2)c1. The summed E-state index contributed by atoms with van der Waals surface area (Å²) in [6.45, 7) is 4.01. The molecule has 1 N–H and O–H groups in total. The Balaban J connectivity index is 1.40. The third-order valence-electron chi connectivity index (χ3n) is 4.90. The van der Waals surface area contributed by atoms with Crippen molar-refractivity contribution in [1.82, 2.24) is 34.7 Å². The Labute approximate surface area is 157 Å². The molecule has 27 heavy (non-hydrogen) atoms. The molecule has 0 saturated carbocycles. The molecule has 4 rings (SSSR count). The van der Waals surface area contributed by atoms with Crippen LogP contribution in [-0.2, 0) is 6.42 Å². The van der Waals surface area contributed by atoms with Gasteiger partial charge < -0.3 is 10.0 Å². The number of aliphatic hydroxyl groups is 1. The van der Waals surface area contributed by atoms with Crippen molar-refractivity contribution in [1.29, 1.82) is 0 Å². The Bertz CT molecular complexity index is 881. The molecule has 142 valence electrons. The molecule has 0 spiro atoms. The minimum atomic E-state index is 0.185. The molecule has 0 atom stereocenters. The van der Waals surface area contributed by atoms with Crippen LogP contribution in [0.25, 0.3) is 5.82 Å². The highest BCUT2D eigenvalue weighted by molar-refractivity contribution is 5.43. The van der Waals surface area contributed by atoms with Crippen molar-refractivity contribution in [2.75, 3.05) is 24.6 Å². The number of piperidine rings is 1. The van der Waals surface area contributed by atoms with E-state index in [1.165, 1.54) is 0 Å². The summed E-state index contributed by atoms with van der Waals surface area (Å²) in [6.07, 6.45) is 10.9. The van der Waals surface area contributed by atoms with Crippen LogP contribution in [-0.4, -0.2) is 59.5 Å². The van der Waals surface area contributed by atoms with E-state index in [2.05, 4.69) is 30.3 Å². The average Bonchev–Trinajstić information content (AvgIpc) is 3.36. The van der Waals surface area contributed by atoms with Gasteiger partial charge in [0, 0.05) is 38.2 Å². The topological polar surface area (TPSA) is 97.8 Å². The van der Waals surface area contributed by atoms with E-state index in [-0.39, 0.29) is 6.61 Å². The molecule has 1 saturated heterocycles. The predicted octanol–water partition coefficient (Wildman–Crippen LogP) is 1.33. The Morgan fingerprint density at radius 2 is 1.96 bits per heavy atom. The fraction of sp³-hybridized carbons (Fsp3) is 0.500. The minimum Gasteiger partial charge on any atom is -0.396 e. The molecule has 0 unspecified atom stereocenters.